The number of benzene rings is 2. The zero-order valence-electron chi connectivity index (χ0n) is 13.1. The van der Waals surface area contributed by atoms with E-state index < -0.39 is 0 Å². The van der Waals surface area contributed by atoms with E-state index in [1.54, 1.807) is 4.68 Å². The van der Waals surface area contributed by atoms with Crippen LogP contribution in [-0.4, -0.2) is 21.8 Å². The summed E-state index contributed by atoms with van der Waals surface area (Å²) in [4.78, 5) is 0. The van der Waals surface area contributed by atoms with Crippen molar-refractivity contribution in [3.8, 4) is 11.5 Å². The minimum Gasteiger partial charge on any atom is -0.454 e. The highest BCUT2D eigenvalue weighted by Crippen LogP contribution is 2.32. The van der Waals surface area contributed by atoms with E-state index >= 15 is 0 Å². The van der Waals surface area contributed by atoms with Gasteiger partial charge in [-0.2, -0.15) is 0 Å². The molecule has 0 saturated heterocycles. The zero-order valence-corrected chi connectivity index (χ0v) is 13.1. The molecule has 0 N–H and O–H groups in total. The summed E-state index contributed by atoms with van der Waals surface area (Å²) in [6.07, 6.45) is 1.90. The van der Waals surface area contributed by atoms with Crippen molar-refractivity contribution >= 4 is 0 Å². The normalized spacial score (nSPS) is 12.5. The highest BCUT2D eigenvalue weighted by atomic mass is 16.7. The van der Waals surface area contributed by atoms with Crippen LogP contribution < -0.4 is 9.47 Å². The number of hydrogen-bond acceptors (Lipinski definition) is 5. The lowest BCUT2D eigenvalue weighted by atomic mass is 10.2. The van der Waals surface area contributed by atoms with Crippen LogP contribution in [0.5, 0.6) is 11.5 Å². The van der Waals surface area contributed by atoms with Crippen molar-refractivity contribution in [3.63, 3.8) is 0 Å². The number of aromatic nitrogens is 3. The first-order valence-corrected chi connectivity index (χ1v) is 7.76. The van der Waals surface area contributed by atoms with Crippen molar-refractivity contribution in [2.24, 2.45) is 0 Å². The largest absolute Gasteiger partial charge is 0.454 e. The molecule has 3 aromatic rings. The van der Waals surface area contributed by atoms with E-state index in [0.717, 1.165) is 28.3 Å². The van der Waals surface area contributed by atoms with Crippen molar-refractivity contribution in [2.45, 2.75) is 19.8 Å². The van der Waals surface area contributed by atoms with Gasteiger partial charge in [-0.3, -0.25) is 0 Å². The lowest BCUT2D eigenvalue weighted by molar-refractivity contribution is 0.104. The Hall–Kier alpha value is -2.86. The summed E-state index contributed by atoms with van der Waals surface area (Å²) in [6.45, 7) is 1.92. The Morgan fingerprint density at radius 2 is 1.83 bits per heavy atom. The Balaban J connectivity index is 1.33. The van der Waals surface area contributed by atoms with Gasteiger partial charge in [0, 0.05) is 0 Å². The molecule has 0 spiro atoms. The minimum absolute atomic E-state index is 0.283. The standard InChI is InChI=1S/C18H17N3O3/c1-2-4-14(5-3-1)11-22-12-16-10-21(20-19-16)9-15-6-7-17-18(8-15)24-13-23-17/h1-8,10H,9,11-13H2. The minimum atomic E-state index is 0.283. The first kappa shape index (κ1) is 14.7. The second-order valence-corrected chi connectivity index (χ2v) is 5.57. The fraction of sp³-hybridized carbons (Fsp3) is 0.222. The molecule has 1 aliphatic rings. The van der Waals surface area contributed by atoms with Crippen molar-refractivity contribution in [2.75, 3.05) is 6.79 Å². The zero-order chi connectivity index (χ0) is 16.2. The molecular formula is C18H17N3O3. The number of hydrogen-bond donors (Lipinski definition) is 0. The Labute approximate surface area is 139 Å². The molecule has 0 saturated carbocycles. The predicted octanol–water partition coefficient (Wildman–Crippen LogP) is 2.77. The van der Waals surface area contributed by atoms with Crippen LogP contribution in [0.2, 0.25) is 0 Å². The molecule has 122 valence electrons. The molecule has 0 bridgehead atoms. The predicted molar refractivity (Wildman–Crippen MR) is 86.6 cm³/mol. The third kappa shape index (κ3) is 3.38. The van der Waals surface area contributed by atoms with E-state index in [1.807, 2.05) is 54.7 Å². The first-order chi connectivity index (χ1) is 11.9. The fourth-order valence-electron chi connectivity index (χ4n) is 2.56. The van der Waals surface area contributed by atoms with Crippen molar-refractivity contribution < 1.29 is 14.2 Å². The summed E-state index contributed by atoms with van der Waals surface area (Å²) in [5, 5.41) is 8.29. The number of ether oxygens (including phenoxy) is 3. The molecule has 0 unspecified atom stereocenters. The lowest BCUT2D eigenvalue weighted by Gasteiger charge is -2.03. The average molecular weight is 323 g/mol. The number of fused-ring (bicyclic) bond motifs is 1. The summed E-state index contributed by atoms with van der Waals surface area (Å²) in [5.74, 6) is 1.56. The van der Waals surface area contributed by atoms with E-state index in [9.17, 15) is 0 Å². The van der Waals surface area contributed by atoms with Crippen LogP contribution in [0, 0.1) is 0 Å². The summed E-state index contributed by atoms with van der Waals surface area (Å²) in [7, 11) is 0. The molecule has 6 heteroatoms. The van der Waals surface area contributed by atoms with E-state index in [1.165, 1.54) is 0 Å². The van der Waals surface area contributed by atoms with E-state index in [2.05, 4.69) is 10.3 Å². The SMILES string of the molecule is c1ccc(COCc2cn(Cc3ccc4c(c3)OCO4)nn2)cc1. The van der Waals surface area contributed by atoms with Crippen LogP contribution in [0.3, 0.4) is 0 Å². The van der Waals surface area contributed by atoms with E-state index in [-0.39, 0.29) is 6.79 Å². The molecule has 1 aliphatic heterocycles. The van der Waals surface area contributed by atoms with Crippen molar-refractivity contribution in [3.05, 3.63) is 71.5 Å². The monoisotopic (exact) mass is 323 g/mol. The molecule has 0 atom stereocenters. The second kappa shape index (κ2) is 6.72. The summed E-state index contributed by atoms with van der Waals surface area (Å²) in [5.41, 5.74) is 3.04. The molecule has 0 fully saturated rings. The third-order valence-corrected chi connectivity index (χ3v) is 3.73. The maximum atomic E-state index is 5.68. The van der Waals surface area contributed by atoms with Gasteiger partial charge >= 0.3 is 0 Å². The number of rotatable bonds is 6. The fourth-order valence-corrected chi connectivity index (χ4v) is 2.56. The van der Waals surface area contributed by atoms with Gasteiger partial charge in [-0.15, -0.1) is 5.10 Å². The molecule has 0 radical (unpaired) electrons. The Bertz CT molecular complexity index is 817. The Kier molecular flexibility index (Phi) is 4.12. The molecular weight excluding hydrogens is 306 g/mol. The Morgan fingerprint density at radius 1 is 0.958 bits per heavy atom. The Morgan fingerprint density at radius 3 is 2.75 bits per heavy atom. The van der Waals surface area contributed by atoms with Gasteiger partial charge < -0.3 is 14.2 Å². The van der Waals surface area contributed by atoms with Crippen LogP contribution in [0.4, 0.5) is 0 Å². The molecule has 1 aromatic heterocycles. The molecule has 2 heterocycles. The second-order valence-electron chi connectivity index (χ2n) is 5.57. The maximum absolute atomic E-state index is 5.68. The molecule has 0 amide bonds. The smallest absolute Gasteiger partial charge is 0.231 e. The topological polar surface area (TPSA) is 58.4 Å². The summed E-state index contributed by atoms with van der Waals surface area (Å²) in [6, 6.07) is 16.0. The third-order valence-electron chi connectivity index (χ3n) is 3.73. The lowest BCUT2D eigenvalue weighted by Crippen LogP contribution is -2.00. The highest BCUT2D eigenvalue weighted by molar-refractivity contribution is 5.44. The van der Waals surface area contributed by atoms with E-state index in [4.69, 9.17) is 14.2 Å². The van der Waals surface area contributed by atoms with E-state index in [0.29, 0.717) is 19.8 Å². The average Bonchev–Trinajstić information content (AvgIpc) is 3.25. The van der Waals surface area contributed by atoms with Gasteiger partial charge in [0.15, 0.2) is 11.5 Å². The van der Waals surface area contributed by atoms with Gasteiger partial charge in [0.2, 0.25) is 6.79 Å². The molecule has 6 nitrogen and oxygen atoms in total. The molecule has 4 rings (SSSR count). The van der Waals surface area contributed by atoms with Crippen LogP contribution >= 0.6 is 0 Å². The van der Waals surface area contributed by atoms with Crippen LogP contribution in [0.1, 0.15) is 16.8 Å². The van der Waals surface area contributed by atoms with Gasteiger partial charge in [0.1, 0.15) is 5.69 Å². The number of nitrogens with zero attached hydrogens (tertiary/aromatic N) is 3. The summed E-state index contributed by atoms with van der Waals surface area (Å²) < 4.78 is 18.2. The highest BCUT2D eigenvalue weighted by Gasteiger charge is 2.13. The molecule has 24 heavy (non-hydrogen) atoms. The van der Waals surface area contributed by atoms with Crippen LogP contribution in [0.15, 0.2) is 54.7 Å². The van der Waals surface area contributed by atoms with Crippen molar-refractivity contribution in [1.29, 1.82) is 0 Å². The van der Waals surface area contributed by atoms with Gasteiger partial charge in [0.25, 0.3) is 0 Å². The summed E-state index contributed by atoms with van der Waals surface area (Å²) >= 11 is 0. The van der Waals surface area contributed by atoms with Crippen LogP contribution in [0.25, 0.3) is 0 Å². The van der Waals surface area contributed by atoms with Crippen LogP contribution in [-0.2, 0) is 24.5 Å². The maximum Gasteiger partial charge on any atom is 0.231 e. The van der Waals surface area contributed by atoms with Gasteiger partial charge in [-0.25, -0.2) is 4.68 Å². The molecule has 2 aromatic carbocycles. The van der Waals surface area contributed by atoms with Gasteiger partial charge in [-0.1, -0.05) is 41.6 Å². The van der Waals surface area contributed by atoms with Gasteiger partial charge in [0.05, 0.1) is 26.0 Å². The van der Waals surface area contributed by atoms with Gasteiger partial charge in [-0.05, 0) is 23.3 Å². The van der Waals surface area contributed by atoms with Crippen molar-refractivity contribution in [1.82, 2.24) is 15.0 Å². The quantitative estimate of drug-likeness (QED) is 0.698. The first-order valence-electron chi connectivity index (χ1n) is 7.76. The molecule has 0 aliphatic carbocycles.